The van der Waals surface area contributed by atoms with E-state index >= 15 is 0 Å². The Morgan fingerprint density at radius 2 is 1.84 bits per heavy atom. The lowest BCUT2D eigenvalue weighted by atomic mass is 10.0. The minimum absolute atomic E-state index is 0.0307. The molecule has 4 aromatic rings. The number of ether oxygens (including phenoxy) is 1. The first-order valence-electron chi connectivity index (χ1n) is 12.0. The molecule has 1 fully saturated rings. The zero-order valence-electron chi connectivity index (χ0n) is 21.2. The molecule has 1 aromatic carbocycles. The maximum Gasteiger partial charge on any atom is 0.184 e. The van der Waals surface area contributed by atoms with Crippen molar-refractivity contribution in [3.8, 4) is 17.1 Å². The summed E-state index contributed by atoms with van der Waals surface area (Å²) in [5.74, 6) is 2.27. The first-order valence-corrected chi connectivity index (χ1v) is 12.0. The van der Waals surface area contributed by atoms with Crippen LogP contribution in [0, 0.1) is 5.92 Å². The highest BCUT2D eigenvalue weighted by Crippen LogP contribution is 2.39. The first kappa shape index (κ1) is 24.4. The molecule has 5 rings (SSSR count). The van der Waals surface area contributed by atoms with Crippen molar-refractivity contribution < 1.29 is 14.6 Å². The van der Waals surface area contributed by atoms with E-state index in [0.717, 1.165) is 18.4 Å². The number of para-hydroxylation sites is 1. The number of benzene rings is 1. The highest BCUT2D eigenvalue weighted by Gasteiger charge is 2.32. The zero-order valence-corrected chi connectivity index (χ0v) is 21.2. The van der Waals surface area contributed by atoms with E-state index < -0.39 is 5.60 Å². The molecule has 3 heterocycles. The van der Waals surface area contributed by atoms with Crippen molar-refractivity contribution in [2.75, 3.05) is 17.7 Å². The number of nitrogens with one attached hydrogen (secondary N) is 2. The molecule has 3 aromatic heterocycles. The second-order valence-corrected chi connectivity index (χ2v) is 9.62. The normalized spacial score (nSPS) is 13.3. The number of pyridine rings is 2. The van der Waals surface area contributed by atoms with Crippen LogP contribution in [0.1, 0.15) is 42.6 Å². The van der Waals surface area contributed by atoms with Crippen molar-refractivity contribution in [3.05, 3.63) is 66.2 Å². The third-order valence-electron chi connectivity index (χ3n) is 6.17. The number of carbonyl (C=O) groups excluding carboxylic acids is 1. The van der Waals surface area contributed by atoms with Crippen molar-refractivity contribution in [2.24, 2.45) is 13.0 Å². The van der Waals surface area contributed by atoms with Gasteiger partial charge in [-0.05, 0) is 44.9 Å². The maximum atomic E-state index is 13.1. The number of ketones is 1. The summed E-state index contributed by atoms with van der Waals surface area (Å²) in [5.41, 5.74) is 2.24. The Labute approximate surface area is 214 Å². The van der Waals surface area contributed by atoms with Crippen LogP contribution in [0.5, 0.6) is 5.75 Å². The monoisotopic (exact) mass is 499 g/mol. The molecular formula is C27H29N7O3. The van der Waals surface area contributed by atoms with Crippen LogP contribution in [-0.2, 0) is 12.6 Å². The highest BCUT2D eigenvalue weighted by atomic mass is 16.5. The predicted octanol–water partition coefficient (Wildman–Crippen LogP) is 4.59. The minimum atomic E-state index is -0.982. The largest absolute Gasteiger partial charge is 0.494 e. The molecule has 0 bridgehead atoms. The molecule has 1 aliphatic rings. The predicted molar refractivity (Wildman–Crippen MR) is 140 cm³/mol. The molecule has 0 amide bonds. The van der Waals surface area contributed by atoms with Crippen LogP contribution in [0.2, 0.25) is 0 Å². The van der Waals surface area contributed by atoms with E-state index in [9.17, 15) is 9.90 Å². The van der Waals surface area contributed by atoms with Crippen LogP contribution in [0.4, 0.5) is 23.0 Å². The number of rotatable bonds is 9. The van der Waals surface area contributed by atoms with Gasteiger partial charge in [0.1, 0.15) is 18.0 Å². The topological polar surface area (TPSA) is 127 Å². The van der Waals surface area contributed by atoms with Crippen molar-refractivity contribution in [1.82, 2.24) is 24.7 Å². The average Bonchev–Trinajstić information content (AvgIpc) is 3.64. The highest BCUT2D eigenvalue weighted by molar-refractivity contribution is 6.04. The molecule has 0 atom stereocenters. The van der Waals surface area contributed by atoms with E-state index in [1.165, 1.54) is 0 Å². The Bertz CT molecular complexity index is 1440. The second kappa shape index (κ2) is 9.62. The standard InChI is InChI=1S/C27H29N7O3/c1-27(2,36)17-10-11-22(28-13-17)32-23-12-21(19(14-29-23)24(35)16-8-9-16)31-20-7-5-6-18(25(20)37-4)26-30-15-34(3)33-26/h5-7,10-16,36H,8-9H2,1-4H3,(H2,28,29,31,32). The molecule has 3 N–H and O–H groups in total. The molecule has 1 saturated carbocycles. The number of anilines is 4. The molecule has 10 nitrogen and oxygen atoms in total. The van der Waals surface area contributed by atoms with Gasteiger partial charge < -0.3 is 20.5 Å². The Morgan fingerprint density at radius 1 is 1.05 bits per heavy atom. The Hall–Kier alpha value is -4.31. The summed E-state index contributed by atoms with van der Waals surface area (Å²) in [6.45, 7) is 3.42. The summed E-state index contributed by atoms with van der Waals surface area (Å²) in [4.78, 5) is 26.3. The number of aromatic nitrogens is 5. The van der Waals surface area contributed by atoms with E-state index in [-0.39, 0.29) is 11.7 Å². The van der Waals surface area contributed by atoms with Crippen LogP contribution in [0.3, 0.4) is 0 Å². The molecule has 0 saturated heterocycles. The SMILES string of the molecule is COc1c(Nc2cc(Nc3ccc(C(C)(C)O)cn3)ncc2C(=O)C2CC2)cccc1-c1ncn(C)n1. The van der Waals surface area contributed by atoms with E-state index in [1.54, 1.807) is 63.5 Å². The quantitative estimate of drug-likeness (QED) is 0.283. The summed E-state index contributed by atoms with van der Waals surface area (Å²) >= 11 is 0. The van der Waals surface area contributed by atoms with Crippen molar-refractivity contribution >= 4 is 28.8 Å². The number of hydrogen-bond acceptors (Lipinski definition) is 9. The van der Waals surface area contributed by atoms with Crippen LogP contribution < -0.4 is 15.4 Å². The van der Waals surface area contributed by atoms with Crippen LogP contribution >= 0.6 is 0 Å². The minimum Gasteiger partial charge on any atom is -0.494 e. The molecule has 0 spiro atoms. The van der Waals surface area contributed by atoms with E-state index in [2.05, 4.69) is 30.7 Å². The lowest BCUT2D eigenvalue weighted by molar-refractivity contribution is 0.0782. The second-order valence-electron chi connectivity index (χ2n) is 9.62. The fraction of sp³-hybridized carbons (Fsp3) is 0.296. The molecule has 0 aliphatic heterocycles. The number of Topliss-reactive ketones (excluding diaryl/α,β-unsaturated/α-hetero) is 1. The van der Waals surface area contributed by atoms with Gasteiger partial charge in [0, 0.05) is 37.0 Å². The summed E-state index contributed by atoms with van der Waals surface area (Å²) in [7, 11) is 3.39. The van der Waals surface area contributed by atoms with Crippen molar-refractivity contribution in [1.29, 1.82) is 0 Å². The van der Waals surface area contributed by atoms with Gasteiger partial charge in [-0.25, -0.2) is 15.0 Å². The molecule has 0 radical (unpaired) electrons. The van der Waals surface area contributed by atoms with E-state index in [0.29, 0.717) is 45.7 Å². The van der Waals surface area contributed by atoms with Gasteiger partial charge in [0.15, 0.2) is 17.4 Å². The number of nitrogens with zero attached hydrogens (tertiary/aromatic N) is 5. The number of methoxy groups -OCH3 is 1. The van der Waals surface area contributed by atoms with Gasteiger partial charge in [-0.1, -0.05) is 12.1 Å². The van der Waals surface area contributed by atoms with Gasteiger partial charge in [-0.2, -0.15) is 5.10 Å². The van der Waals surface area contributed by atoms with E-state index in [1.807, 2.05) is 24.3 Å². The lowest BCUT2D eigenvalue weighted by Gasteiger charge is -2.18. The summed E-state index contributed by atoms with van der Waals surface area (Å²) in [6.07, 6.45) is 6.62. The summed E-state index contributed by atoms with van der Waals surface area (Å²) in [6, 6.07) is 11.0. The number of carbonyl (C=O) groups is 1. The van der Waals surface area contributed by atoms with E-state index in [4.69, 9.17) is 4.74 Å². The third-order valence-corrected chi connectivity index (χ3v) is 6.17. The van der Waals surface area contributed by atoms with Gasteiger partial charge in [0.25, 0.3) is 0 Å². The van der Waals surface area contributed by atoms with Crippen molar-refractivity contribution in [3.63, 3.8) is 0 Å². The van der Waals surface area contributed by atoms with Crippen LogP contribution in [0.15, 0.2) is 55.1 Å². The van der Waals surface area contributed by atoms with Crippen LogP contribution in [-0.4, -0.2) is 42.7 Å². The fourth-order valence-electron chi connectivity index (χ4n) is 3.99. The van der Waals surface area contributed by atoms with Gasteiger partial charge in [0.05, 0.1) is 35.2 Å². The summed E-state index contributed by atoms with van der Waals surface area (Å²) < 4.78 is 7.37. The molecule has 190 valence electrons. The third kappa shape index (κ3) is 5.29. The molecule has 1 aliphatic carbocycles. The first-order chi connectivity index (χ1) is 17.7. The van der Waals surface area contributed by atoms with Gasteiger partial charge in [-0.3, -0.25) is 9.48 Å². The fourth-order valence-corrected chi connectivity index (χ4v) is 3.99. The average molecular weight is 500 g/mol. The van der Waals surface area contributed by atoms with Gasteiger partial charge in [0.2, 0.25) is 0 Å². The zero-order chi connectivity index (χ0) is 26.2. The maximum absolute atomic E-state index is 13.1. The van der Waals surface area contributed by atoms with Gasteiger partial charge >= 0.3 is 0 Å². The molecule has 37 heavy (non-hydrogen) atoms. The van der Waals surface area contributed by atoms with Crippen molar-refractivity contribution in [2.45, 2.75) is 32.3 Å². The Kier molecular flexibility index (Phi) is 6.34. The Morgan fingerprint density at radius 3 is 2.46 bits per heavy atom. The Balaban J connectivity index is 1.49. The molecule has 0 unspecified atom stereocenters. The molecular weight excluding hydrogens is 470 g/mol. The number of hydrogen-bond donors (Lipinski definition) is 3. The number of aryl methyl sites for hydroxylation is 1. The smallest absolute Gasteiger partial charge is 0.184 e. The number of aliphatic hydroxyl groups is 1. The summed E-state index contributed by atoms with van der Waals surface area (Å²) in [5, 5.41) is 21.1. The lowest BCUT2D eigenvalue weighted by Crippen LogP contribution is -2.15. The van der Waals surface area contributed by atoms with Crippen LogP contribution in [0.25, 0.3) is 11.4 Å². The van der Waals surface area contributed by atoms with Gasteiger partial charge in [-0.15, -0.1) is 0 Å². The molecule has 10 heteroatoms.